The first-order valence-electron chi connectivity index (χ1n) is 12.0. The Hall–Kier alpha value is -2.53. The Morgan fingerprint density at radius 2 is 2.00 bits per heavy atom. The Balaban J connectivity index is 1.71. The number of halogens is 1. The van der Waals surface area contributed by atoms with E-state index >= 15 is 0 Å². The van der Waals surface area contributed by atoms with Crippen molar-refractivity contribution in [3.05, 3.63) is 56.0 Å². The standard InChI is InChI=1S/C27H29IN2O5S/c1-3-18-9-7-8-12-21(18)29-27-30(19-10-5-4-6-11-19)26(33)23(36-27)15-17-13-20(28)25(22(14-17)34-2)35-16-24(31)32/h7-9,12-15,19H,3-6,10-11,16H2,1-2H3,(H,31,32)/b23-15+,29-27?. The van der Waals surface area contributed by atoms with E-state index in [4.69, 9.17) is 19.6 Å². The van der Waals surface area contributed by atoms with E-state index < -0.39 is 12.6 Å². The minimum Gasteiger partial charge on any atom is -0.493 e. The molecular weight excluding hydrogens is 591 g/mol. The number of carbonyl (C=O) groups is 2. The van der Waals surface area contributed by atoms with Crippen LogP contribution < -0.4 is 9.47 Å². The van der Waals surface area contributed by atoms with Gasteiger partial charge in [0.05, 0.1) is 21.3 Å². The van der Waals surface area contributed by atoms with Crippen molar-refractivity contribution in [3.8, 4) is 11.5 Å². The van der Waals surface area contributed by atoms with E-state index in [2.05, 4.69) is 35.6 Å². The van der Waals surface area contributed by atoms with Gasteiger partial charge in [0.15, 0.2) is 23.3 Å². The van der Waals surface area contributed by atoms with Crippen LogP contribution in [0.5, 0.6) is 11.5 Å². The van der Waals surface area contributed by atoms with Crippen LogP contribution in [0.25, 0.3) is 6.08 Å². The molecule has 1 saturated carbocycles. The molecule has 0 unspecified atom stereocenters. The fourth-order valence-electron chi connectivity index (χ4n) is 4.50. The second kappa shape index (κ2) is 12.1. The molecule has 9 heteroatoms. The number of para-hydroxylation sites is 1. The van der Waals surface area contributed by atoms with Crippen molar-refractivity contribution in [1.82, 2.24) is 4.90 Å². The van der Waals surface area contributed by atoms with E-state index in [0.717, 1.165) is 54.1 Å². The summed E-state index contributed by atoms with van der Waals surface area (Å²) in [6.07, 6.45) is 8.11. The summed E-state index contributed by atoms with van der Waals surface area (Å²) in [6, 6.07) is 11.8. The number of aliphatic imine (C=N–C) groups is 1. The van der Waals surface area contributed by atoms with Crippen LogP contribution in [-0.2, 0) is 16.0 Å². The van der Waals surface area contributed by atoms with Crippen LogP contribution in [0.1, 0.15) is 50.2 Å². The van der Waals surface area contributed by atoms with Gasteiger partial charge in [0, 0.05) is 6.04 Å². The minimum absolute atomic E-state index is 0.0280. The molecule has 2 aliphatic rings. The molecule has 7 nitrogen and oxygen atoms in total. The maximum absolute atomic E-state index is 13.7. The van der Waals surface area contributed by atoms with Gasteiger partial charge in [-0.1, -0.05) is 44.4 Å². The highest BCUT2D eigenvalue weighted by molar-refractivity contribution is 14.1. The summed E-state index contributed by atoms with van der Waals surface area (Å²) < 4.78 is 11.6. The number of ether oxygens (including phenoxy) is 2. The number of carbonyl (C=O) groups excluding carboxylic acids is 1. The van der Waals surface area contributed by atoms with Gasteiger partial charge in [0.1, 0.15) is 0 Å². The number of nitrogens with zero attached hydrogens (tertiary/aromatic N) is 2. The van der Waals surface area contributed by atoms with E-state index in [-0.39, 0.29) is 11.9 Å². The van der Waals surface area contributed by atoms with Gasteiger partial charge in [0.2, 0.25) is 0 Å². The van der Waals surface area contributed by atoms with Crippen molar-refractivity contribution in [1.29, 1.82) is 0 Å². The van der Waals surface area contributed by atoms with Crippen LogP contribution in [0, 0.1) is 3.57 Å². The Kier molecular flexibility index (Phi) is 8.95. The number of amidine groups is 1. The monoisotopic (exact) mass is 620 g/mol. The second-order valence-corrected chi connectivity index (χ2v) is 10.8. The number of carboxylic acids is 1. The normalized spacial score (nSPS) is 18.8. The topological polar surface area (TPSA) is 88.4 Å². The van der Waals surface area contributed by atoms with Gasteiger partial charge < -0.3 is 14.6 Å². The highest BCUT2D eigenvalue weighted by Crippen LogP contribution is 2.40. The van der Waals surface area contributed by atoms with Crippen LogP contribution in [-0.4, -0.2) is 46.8 Å². The molecule has 1 N–H and O–H groups in total. The summed E-state index contributed by atoms with van der Waals surface area (Å²) in [5.74, 6) is -0.304. The number of benzene rings is 2. The van der Waals surface area contributed by atoms with Gasteiger partial charge in [-0.25, -0.2) is 9.79 Å². The van der Waals surface area contributed by atoms with Crippen molar-refractivity contribution in [2.24, 2.45) is 4.99 Å². The first-order valence-corrected chi connectivity index (χ1v) is 13.9. The molecular formula is C27H29IN2O5S. The van der Waals surface area contributed by atoms with E-state index in [1.165, 1.54) is 25.3 Å². The summed E-state index contributed by atoms with van der Waals surface area (Å²) in [4.78, 5) is 32.1. The number of methoxy groups -OCH3 is 1. The molecule has 0 atom stereocenters. The smallest absolute Gasteiger partial charge is 0.341 e. The van der Waals surface area contributed by atoms with Crippen LogP contribution in [0.3, 0.4) is 0 Å². The third-order valence-electron chi connectivity index (χ3n) is 6.25. The zero-order valence-electron chi connectivity index (χ0n) is 20.3. The maximum Gasteiger partial charge on any atom is 0.341 e. The van der Waals surface area contributed by atoms with Crippen LogP contribution in [0.4, 0.5) is 5.69 Å². The lowest BCUT2D eigenvalue weighted by Crippen LogP contribution is -2.40. The molecule has 0 spiro atoms. The van der Waals surface area contributed by atoms with Gasteiger partial charge in [-0.05, 0) is 89.0 Å². The molecule has 1 amide bonds. The van der Waals surface area contributed by atoms with Crippen molar-refractivity contribution >= 4 is 63.2 Å². The number of hydrogen-bond donors (Lipinski definition) is 1. The molecule has 2 aromatic rings. The Bertz CT molecular complexity index is 1210. The maximum atomic E-state index is 13.7. The summed E-state index contributed by atoms with van der Waals surface area (Å²) in [7, 11) is 1.51. The van der Waals surface area contributed by atoms with Gasteiger partial charge >= 0.3 is 5.97 Å². The number of aryl methyl sites for hydroxylation is 1. The highest BCUT2D eigenvalue weighted by atomic mass is 127. The van der Waals surface area contributed by atoms with Crippen LogP contribution in [0.15, 0.2) is 46.3 Å². The Morgan fingerprint density at radius 1 is 1.25 bits per heavy atom. The number of aliphatic carboxylic acids is 1. The van der Waals surface area contributed by atoms with Gasteiger partial charge in [-0.2, -0.15) is 0 Å². The molecule has 1 saturated heterocycles. The third-order valence-corrected chi connectivity index (χ3v) is 8.04. The van der Waals surface area contributed by atoms with E-state index in [0.29, 0.717) is 20.0 Å². The van der Waals surface area contributed by atoms with Crippen molar-refractivity contribution in [3.63, 3.8) is 0 Å². The SMILES string of the molecule is CCc1ccccc1N=C1S/C(=C/c2cc(I)c(OCC(=O)O)c(OC)c2)C(=O)N1C1CCCCC1. The molecule has 0 bridgehead atoms. The highest BCUT2D eigenvalue weighted by Gasteiger charge is 2.38. The molecule has 1 heterocycles. The summed E-state index contributed by atoms with van der Waals surface area (Å²) in [5, 5.41) is 9.69. The number of hydrogen-bond acceptors (Lipinski definition) is 6. The molecule has 2 aromatic carbocycles. The largest absolute Gasteiger partial charge is 0.493 e. The molecule has 2 fully saturated rings. The van der Waals surface area contributed by atoms with Crippen molar-refractivity contribution in [2.45, 2.75) is 51.5 Å². The molecule has 190 valence electrons. The minimum atomic E-state index is -1.06. The summed E-state index contributed by atoms with van der Waals surface area (Å²) in [6.45, 7) is 1.64. The van der Waals surface area contributed by atoms with Gasteiger partial charge in [0.25, 0.3) is 5.91 Å². The lowest BCUT2D eigenvalue weighted by Gasteiger charge is -2.30. The summed E-state index contributed by atoms with van der Waals surface area (Å²) in [5.41, 5.74) is 2.82. The average molecular weight is 621 g/mol. The molecule has 1 aliphatic heterocycles. The zero-order chi connectivity index (χ0) is 25.7. The zero-order valence-corrected chi connectivity index (χ0v) is 23.3. The number of carboxylic acid groups (broad SMARTS) is 1. The fraction of sp³-hybridized carbons (Fsp3) is 0.370. The van der Waals surface area contributed by atoms with Gasteiger partial charge in [-0.15, -0.1) is 0 Å². The first-order chi connectivity index (χ1) is 17.4. The molecule has 36 heavy (non-hydrogen) atoms. The number of amides is 1. The summed E-state index contributed by atoms with van der Waals surface area (Å²) >= 11 is 3.49. The Morgan fingerprint density at radius 3 is 2.69 bits per heavy atom. The molecule has 1 aliphatic carbocycles. The van der Waals surface area contributed by atoms with Crippen molar-refractivity contribution in [2.75, 3.05) is 13.7 Å². The predicted octanol–water partition coefficient (Wildman–Crippen LogP) is 6.26. The second-order valence-electron chi connectivity index (χ2n) is 8.67. The van der Waals surface area contributed by atoms with Crippen LogP contribution in [0.2, 0.25) is 0 Å². The quantitative estimate of drug-likeness (QED) is 0.277. The number of rotatable bonds is 8. The average Bonchev–Trinajstić information content (AvgIpc) is 3.17. The van der Waals surface area contributed by atoms with E-state index in [1.54, 1.807) is 6.07 Å². The van der Waals surface area contributed by atoms with E-state index in [1.807, 2.05) is 35.2 Å². The van der Waals surface area contributed by atoms with Crippen molar-refractivity contribution < 1.29 is 24.2 Å². The molecule has 0 radical (unpaired) electrons. The molecule has 0 aromatic heterocycles. The number of thioether (sulfide) groups is 1. The molecule has 4 rings (SSSR count). The third kappa shape index (κ3) is 6.05. The lowest BCUT2D eigenvalue weighted by molar-refractivity contribution is -0.139. The lowest BCUT2D eigenvalue weighted by atomic mass is 9.94. The van der Waals surface area contributed by atoms with Gasteiger partial charge in [-0.3, -0.25) is 9.69 Å². The predicted molar refractivity (Wildman–Crippen MR) is 151 cm³/mol. The van der Waals surface area contributed by atoms with E-state index in [9.17, 15) is 9.59 Å². The van der Waals surface area contributed by atoms with Crippen LogP contribution >= 0.6 is 34.4 Å². The fourth-order valence-corrected chi connectivity index (χ4v) is 6.33. The first kappa shape index (κ1) is 26.5. The Labute approximate surface area is 229 Å².